The van der Waals surface area contributed by atoms with E-state index in [9.17, 15) is 27.6 Å². The first-order chi connectivity index (χ1) is 14.3. The largest absolute Gasteiger partial charge is 0.416 e. The summed E-state index contributed by atoms with van der Waals surface area (Å²) in [6.45, 7) is 0. The third kappa shape index (κ3) is 3.81. The third-order valence-electron chi connectivity index (χ3n) is 5.05. The zero-order valence-corrected chi connectivity index (χ0v) is 16.4. The predicted molar refractivity (Wildman–Crippen MR) is 102 cm³/mol. The number of hydroxylamine groups is 2. The van der Waals surface area contributed by atoms with Gasteiger partial charge in [-0.3, -0.25) is 9.59 Å². The summed E-state index contributed by atoms with van der Waals surface area (Å²) in [6.07, 6.45) is -0.807. The topological polar surface area (TPSA) is 63.7 Å². The van der Waals surface area contributed by atoms with E-state index < -0.39 is 29.5 Å². The minimum atomic E-state index is -4.65. The van der Waals surface area contributed by atoms with Gasteiger partial charge in [0.25, 0.3) is 11.8 Å². The molecule has 9 heteroatoms. The van der Waals surface area contributed by atoms with Crippen molar-refractivity contribution < 1.29 is 32.4 Å². The van der Waals surface area contributed by atoms with Gasteiger partial charge in [0, 0.05) is 10.1 Å². The van der Waals surface area contributed by atoms with Crippen LogP contribution in [-0.2, 0) is 11.0 Å². The summed E-state index contributed by atoms with van der Waals surface area (Å²) in [4.78, 5) is 42.9. The molecule has 2 aromatic carbocycles. The van der Waals surface area contributed by atoms with Gasteiger partial charge in [-0.25, -0.2) is 4.79 Å². The van der Waals surface area contributed by atoms with Crippen LogP contribution in [0.5, 0.6) is 0 Å². The molecule has 1 aliphatic carbocycles. The van der Waals surface area contributed by atoms with Crippen molar-refractivity contribution in [2.75, 3.05) is 0 Å². The van der Waals surface area contributed by atoms with E-state index in [0.29, 0.717) is 16.0 Å². The molecule has 4 rings (SSSR count). The van der Waals surface area contributed by atoms with Crippen LogP contribution < -0.4 is 0 Å². The Morgan fingerprint density at radius 1 is 1.00 bits per heavy atom. The Hall–Kier alpha value is -2.81. The van der Waals surface area contributed by atoms with Crippen LogP contribution in [0, 0.1) is 0 Å². The maximum Gasteiger partial charge on any atom is 0.416 e. The van der Waals surface area contributed by atoms with Gasteiger partial charge in [-0.1, -0.05) is 30.0 Å². The molecule has 5 nitrogen and oxygen atoms in total. The molecule has 0 bridgehead atoms. The number of halogens is 3. The fraction of sp³-hybridized carbons (Fsp3) is 0.286. The number of carbonyl (C=O) groups is 3. The monoisotopic (exact) mass is 435 g/mol. The zero-order valence-electron chi connectivity index (χ0n) is 15.6. The number of nitrogens with zero attached hydrogens (tertiary/aromatic N) is 1. The van der Waals surface area contributed by atoms with E-state index in [-0.39, 0.29) is 21.9 Å². The second-order valence-corrected chi connectivity index (χ2v) is 8.40. The first-order valence-electron chi connectivity index (χ1n) is 9.33. The lowest BCUT2D eigenvalue weighted by atomic mass is 10.1. The molecule has 0 saturated heterocycles. The molecule has 0 atom stereocenters. The van der Waals surface area contributed by atoms with E-state index >= 15 is 0 Å². The highest BCUT2D eigenvalue weighted by atomic mass is 32.2. The molecule has 0 spiro atoms. The lowest BCUT2D eigenvalue weighted by Gasteiger charge is -2.17. The van der Waals surface area contributed by atoms with E-state index in [4.69, 9.17) is 4.84 Å². The molecule has 30 heavy (non-hydrogen) atoms. The van der Waals surface area contributed by atoms with Crippen LogP contribution in [0.25, 0.3) is 0 Å². The molecule has 1 fully saturated rings. The maximum absolute atomic E-state index is 13.2. The SMILES string of the molecule is O=C(ON1C(=O)c2ccccc2C1=O)c1cc(C(F)(F)F)ccc1SC1CCCC1. The third-order valence-corrected chi connectivity index (χ3v) is 6.47. The number of alkyl halides is 3. The fourth-order valence-electron chi connectivity index (χ4n) is 3.54. The highest BCUT2D eigenvalue weighted by molar-refractivity contribution is 8.00. The van der Waals surface area contributed by atoms with Crippen molar-refractivity contribution in [3.63, 3.8) is 0 Å². The first kappa shape index (κ1) is 20.5. The lowest BCUT2D eigenvalue weighted by molar-refractivity contribution is -0.137. The van der Waals surface area contributed by atoms with Crippen molar-refractivity contribution in [1.29, 1.82) is 0 Å². The highest BCUT2D eigenvalue weighted by Gasteiger charge is 2.40. The van der Waals surface area contributed by atoms with Gasteiger partial charge in [0.05, 0.1) is 22.3 Å². The van der Waals surface area contributed by atoms with Crippen molar-refractivity contribution in [3.05, 3.63) is 64.7 Å². The maximum atomic E-state index is 13.2. The summed E-state index contributed by atoms with van der Waals surface area (Å²) in [6, 6.07) is 8.79. The molecular formula is C21H16F3NO4S. The Kier molecular flexibility index (Phi) is 5.31. The number of benzene rings is 2. The van der Waals surface area contributed by atoms with E-state index in [0.717, 1.165) is 31.7 Å². The average molecular weight is 435 g/mol. The Balaban J connectivity index is 1.63. The molecular weight excluding hydrogens is 419 g/mol. The van der Waals surface area contributed by atoms with Crippen molar-refractivity contribution in [2.45, 2.75) is 42.0 Å². The molecule has 2 aliphatic rings. The standard InChI is InChI=1S/C21H16F3NO4S/c22-21(23,24)12-9-10-17(30-13-5-1-2-6-13)16(11-12)20(28)29-25-18(26)14-7-3-4-8-15(14)19(25)27/h3-4,7-11,13H,1-2,5-6H2. The Bertz CT molecular complexity index is 996. The summed E-state index contributed by atoms with van der Waals surface area (Å²) in [5.41, 5.74) is -1.19. The summed E-state index contributed by atoms with van der Waals surface area (Å²) in [5.74, 6) is -2.85. The van der Waals surface area contributed by atoms with Gasteiger partial charge in [-0.05, 0) is 43.2 Å². The molecule has 1 saturated carbocycles. The summed E-state index contributed by atoms with van der Waals surface area (Å²) >= 11 is 1.32. The van der Waals surface area contributed by atoms with Gasteiger partial charge in [-0.2, -0.15) is 13.2 Å². The average Bonchev–Trinajstić information content (AvgIpc) is 3.30. The second kappa shape index (κ2) is 7.79. The lowest BCUT2D eigenvalue weighted by Crippen LogP contribution is -2.33. The van der Waals surface area contributed by atoms with Crippen LogP contribution in [0.15, 0.2) is 47.4 Å². The van der Waals surface area contributed by atoms with Crippen LogP contribution in [0.1, 0.15) is 62.3 Å². The minimum absolute atomic E-state index is 0.0693. The molecule has 156 valence electrons. The van der Waals surface area contributed by atoms with E-state index in [1.165, 1.54) is 30.0 Å². The van der Waals surface area contributed by atoms with Gasteiger partial charge in [-0.15, -0.1) is 11.8 Å². The van der Waals surface area contributed by atoms with Gasteiger partial charge in [0.2, 0.25) is 0 Å². The van der Waals surface area contributed by atoms with Crippen LogP contribution in [0.3, 0.4) is 0 Å². The van der Waals surface area contributed by atoms with Crippen molar-refractivity contribution in [1.82, 2.24) is 5.06 Å². The normalized spacial score (nSPS) is 16.8. The van der Waals surface area contributed by atoms with Crippen LogP contribution in [-0.4, -0.2) is 28.1 Å². The van der Waals surface area contributed by atoms with E-state index in [1.807, 2.05) is 0 Å². The fourth-order valence-corrected chi connectivity index (χ4v) is 4.88. The molecule has 0 N–H and O–H groups in total. The van der Waals surface area contributed by atoms with Crippen molar-refractivity contribution >= 4 is 29.5 Å². The molecule has 0 unspecified atom stereocenters. The highest BCUT2D eigenvalue weighted by Crippen LogP contribution is 2.39. The summed E-state index contributed by atoms with van der Waals surface area (Å²) < 4.78 is 39.6. The molecule has 1 heterocycles. The van der Waals surface area contributed by atoms with Gasteiger partial charge >= 0.3 is 12.1 Å². The van der Waals surface area contributed by atoms with Crippen LogP contribution in [0.2, 0.25) is 0 Å². The van der Waals surface area contributed by atoms with Gasteiger partial charge in [0.15, 0.2) is 0 Å². The molecule has 1 aliphatic heterocycles. The molecule has 2 amide bonds. The first-order valence-corrected chi connectivity index (χ1v) is 10.2. The Labute approximate surface area is 174 Å². The predicted octanol–water partition coefficient (Wildman–Crippen LogP) is 5.11. The number of amides is 2. The minimum Gasteiger partial charge on any atom is -0.324 e. The zero-order chi connectivity index (χ0) is 21.5. The smallest absolute Gasteiger partial charge is 0.324 e. The van der Waals surface area contributed by atoms with E-state index in [2.05, 4.69) is 0 Å². The quantitative estimate of drug-likeness (QED) is 0.625. The van der Waals surface area contributed by atoms with Crippen molar-refractivity contribution in [3.8, 4) is 0 Å². The van der Waals surface area contributed by atoms with E-state index in [1.54, 1.807) is 12.1 Å². The number of carbonyl (C=O) groups excluding carboxylic acids is 3. The number of imide groups is 1. The number of fused-ring (bicyclic) bond motifs is 1. The molecule has 2 aromatic rings. The van der Waals surface area contributed by atoms with Crippen molar-refractivity contribution in [2.24, 2.45) is 0 Å². The molecule has 0 radical (unpaired) electrons. The summed E-state index contributed by atoms with van der Waals surface area (Å²) in [5, 5.41) is 0.490. The Morgan fingerprint density at radius 3 is 2.17 bits per heavy atom. The number of hydrogen-bond donors (Lipinski definition) is 0. The number of rotatable bonds is 4. The van der Waals surface area contributed by atoms with Gasteiger partial charge < -0.3 is 4.84 Å². The Morgan fingerprint density at radius 2 is 1.60 bits per heavy atom. The van der Waals surface area contributed by atoms with Crippen LogP contribution in [0.4, 0.5) is 13.2 Å². The van der Waals surface area contributed by atoms with Gasteiger partial charge in [0.1, 0.15) is 0 Å². The van der Waals surface area contributed by atoms with Crippen LogP contribution >= 0.6 is 11.8 Å². The summed E-state index contributed by atoms with van der Waals surface area (Å²) in [7, 11) is 0. The number of thioether (sulfide) groups is 1. The second-order valence-electron chi connectivity index (χ2n) is 7.06. The number of hydrogen-bond acceptors (Lipinski definition) is 5. The molecule has 0 aromatic heterocycles.